The molecule has 2 aromatic rings. The van der Waals surface area contributed by atoms with Crippen LogP contribution in [-0.4, -0.2) is 37.2 Å². The second-order valence-electron chi connectivity index (χ2n) is 6.41. The Morgan fingerprint density at radius 1 is 1.04 bits per heavy atom. The van der Waals surface area contributed by atoms with E-state index in [9.17, 15) is 14.7 Å². The molecule has 0 aliphatic rings. The van der Waals surface area contributed by atoms with Crippen LogP contribution in [0.25, 0.3) is 0 Å². The van der Waals surface area contributed by atoms with Crippen molar-refractivity contribution in [2.24, 2.45) is 0 Å². The van der Waals surface area contributed by atoms with E-state index in [0.29, 0.717) is 24.3 Å². The maximum atomic E-state index is 12.1. The smallest absolute Gasteiger partial charge is 0.315 e. The average Bonchev–Trinajstić information content (AvgIpc) is 2.70. The van der Waals surface area contributed by atoms with E-state index >= 15 is 0 Å². The highest BCUT2D eigenvalue weighted by atomic mass is 16.5. The summed E-state index contributed by atoms with van der Waals surface area (Å²) in [5.74, 6) is 0.286. The number of ether oxygens (including phenoxy) is 2. The number of carboxylic acids is 1. The van der Waals surface area contributed by atoms with E-state index in [-0.39, 0.29) is 18.9 Å². The molecule has 1 unspecified atom stereocenters. The van der Waals surface area contributed by atoms with E-state index in [1.54, 1.807) is 62.6 Å². The van der Waals surface area contributed by atoms with E-state index in [4.69, 9.17) is 9.47 Å². The van der Waals surface area contributed by atoms with Crippen molar-refractivity contribution < 1.29 is 24.2 Å². The molecule has 0 radical (unpaired) electrons. The summed E-state index contributed by atoms with van der Waals surface area (Å²) < 4.78 is 10.7. The van der Waals surface area contributed by atoms with Crippen LogP contribution in [0.3, 0.4) is 0 Å². The standard InChI is InChI=1S/C21H25NO5/c1-21(20(24)25,16-7-4-3-5-8-16)15-22-19(23)9-6-14-27-18-12-10-17(26-2)11-13-18/h3-5,7-8,10-13H,6,9,14-15H2,1-2H3,(H,22,23)(H,24,25). The van der Waals surface area contributed by atoms with Gasteiger partial charge in [-0.25, -0.2) is 0 Å². The second-order valence-corrected chi connectivity index (χ2v) is 6.41. The Morgan fingerprint density at radius 2 is 1.67 bits per heavy atom. The lowest BCUT2D eigenvalue weighted by Gasteiger charge is -2.25. The number of rotatable bonds is 10. The number of benzene rings is 2. The molecule has 0 aliphatic carbocycles. The van der Waals surface area contributed by atoms with Gasteiger partial charge in [0.2, 0.25) is 5.91 Å². The molecule has 2 rings (SSSR count). The van der Waals surface area contributed by atoms with Crippen LogP contribution in [0.2, 0.25) is 0 Å². The number of carboxylic acid groups (broad SMARTS) is 1. The van der Waals surface area contributed by atoms with Gasteiger partial charge in [0, 0.05) is 13.0 Å². The highest BCUT2D eigenvalue weighted by Gasteiger charge is 2.35. The molecular weight excluding hydrogens is 346 g/mol. The number of amides is 1. The Balaban J connectivity index is 1.76. The third kappa shape index (κ3) is 5.74. The Morgan fingerprint density at radius 3 is 2.26 bits per heavy atom. The summed E-state index contributed by atoms with van der Waals surface area (Å²) in [5.41, 5.74) is -0.517. The van der Waals surface area contributed by atoms with Crippen LogP contribution in [0, 0.1) is 0 Å². The monoisotopic (exact) mass is 371 g/mol. The van der Waals surface area contributed by atoms with Gasteiger partial charge in [0.1, 0.15) is 16.9 Å². The number of hydrogen-bond donors (Lipinski definition) is 2. The fraction of sp³-hybridized carbons (Fsp3) is 0.333. The highest BCUT2D eigenvalue weighted by molar-refractivity contribution is 5.83. The Labute approximate surface area is 159 Å². The first-order valence-electron chi connectivity index (χ1n) is 8.78. The van der Waals surface area contributed by atoms with Crippen molar-refractivity contribution in [1.82, 2.24) is 5.32 Å². The Kier molecular flexibility index (Phi) is 7.23. The molecular formula is C21H25NO5. The van der Waals surface area contributed by atoms with Gasteiger partial charge in [-0.15, -0.1) is 0 Å². The predicted molar refractivity (Wildman–Crippen MR) is 102 cm³/mol. The minimum atomic E-state index is -1.17. The highest BCUT2D eigenvalue weighted by Crippen LogP contribution is 2.23. The van der Waals surface area contributed by atoms with Crippen molar-refractivity contribution in [3.63, 3.8) is 0 Å². The lowest BCUT2D eigenvalue weighted by molar-refractivity contribution is -0.143. The zero-order valence-electron chi connectivity index (χ0n) is 15.6. The molecule has 2 aromatic carbocycles. The number of hydrogen-bond acceptors (Lipinski definition) is 4. The van der Waals surface area contributed by atoms with E-state index in [0.717, 1.165) is 5.75 Å². The third-order valence-electron chi connectivity index (χ3n) is 4.40. The quantitative estimate of drug-likeness (QED) is 0.627. The van der Waals surface area contributed by atoms with Gasteiger partial charge < -0.3 is 19.9 Å². The molecule has 1 amide bonds. The van der Waals surface area contributed by atoms with E-state index < -0.39 is 11.4 Å². The first kappa shape index (κ1) is 20.3. The van der Waals surface area contributed by atoms with Crippen LogP contribution in [0.5, 0.6) is 11.5 Å². The maximum absolute atomic E-state index is 12.1. The number of carbonyl (C=O) groups is 2. The summed E-state index contributed by atoms with van der Waals surface area (Å²) in [6.45, 7) is 2.04. The van der Waals surface area contributed by atoms with Gasteiger partial charge >= 0.3 is 5.97 Å². The van der Waals surface area contributed by atoms with E-state index in [1.165, 1.54) is 0 Å². The van der Waals surface area contributed by atoms with Gasteiger partial charge in [-0.2, -0.15) is 0 Å². The topological polar surface area (TPSA) is 84.9 Å². The van der Waals surface area contributed by atoms with Crippen LogP contribution in [0.1, 0.15) is 25.3 Å². The molecule has 1 atom stereocenters. The fourth-order valence-electron chi connectivity index (χ4n) is 2.57. The third-order valence-corrected chi connectivity index (χ3v) is 4.40. The van der Waals surface area contributed by atoms with E-state index in [1.807, 2.05) is 6.07 Å². The lowest BCUT2D eigenvalue weighted by atomic mass is 9.82. The minimum absolute atomic E-state index is 0.0323. The molecule has 0 fully saturated rings. The Bertz CT molecular complexity index is 745. The molecule has 0 heterocycles. The largest absolute Gasteiger partial charge is 0.497 e. The molecule has 0 saturated heterocycles. The molecule has 27 heavy (non-hydrogen) atoms. The van der Waals surface area contributed by atoms with Crippen molar-refractivity contribution in [2.75, 3.05) is 20.3 Å². The van der Waals surface area contributed by atoms with Crippen LogP contribution >= 0.6 is 0 Å². The maximum Gasteiger partial charge on any atom is 0.315 e. The van der Waals surface area contributed by atoms with Crippen molar-refractivity contribution in [3.8, 4) is 11.5 Å². The van der Waals surface area contributed by atoms with E-state index in [2.05, 4.69) is 5.32 Å². The number of nitrogens with one attached hydrogen (secondary N) is 1. The second kappa shape index (κ2) is 9.62. The van der Waals surface area contributed by atoms with Crippen molar-refractivity contribution in [1.29, 1.82) is 0 Å². The first-order valence-corrected chi connectivity index (χ1v) is 8.78. The first-order chi connectivity index (χ1) is 13.0. The molecule has 144 valence electrons. The zero-order valence-corrected chi connectivity index (χ0v) is 15.6. The zero-order chi connectivity index (χ0) is 19.7. The molecule has 6 heteroatoms. The molecule has 2 N–H and O–H groups in total. The summed E-state index contributed by atoms with van der Waals surface area (Å²) in [6.07, 6.45) is 0.799. The number of carbonyl (C=O) groups excluding carboxylic acids is 1. The van der Waals surface area contributed by atoms with Gasteiger partial charge in [0.15, 0.2) is 0 Å². The van der Waals surface area contributed by atoms with Gasteiger partial charge in [-0.1, -0.05) is 30.3 Å². The SMILES string of the molecule is COc1ccc(OCCCC(=O)NCC(C)(C(=O)O)c2ccccc2)cc1. The van der Waals surface area contributed by atoms with Crippen LogP contribution < -0.4 is 14.8 Å². The van der Waals surface area contributed by atoms with Gasteiger partial charge in [0.05, 0.1) is 13.7 Å². The van der Waals surface area contributed by atoms with Gasteiger partial charge in [0.25, 0.3) is 0 Å². The average molecular weight is 371 g/mol. The molecule has 0 saturated carbocycles. The van der Waals surface area contributed by atoms with Crippen LogP contribution in [0.4, 0.5) is 0 Å². The van der Waals surface area contributed by atoms with Crippen LogP contribution in [-0.2, 0) is 15.0 Å². The molecule has 0 spiro atoms. The predicted octanol–water partition coefficient (Wildman–Crippen LogP) is 3.01. The van der Waals surface area contributed by atoms with Crippen LogP contribution in [0.15, 0.2) is 54.6 Å². The normalized spacial score (nSPS) is 12.7. The van der Waals surface area contributed by atoms with Gasteiger partial charge in [-0.05, 0) is 43.2 Å². The summed E-state index contributed by atoms with van der Waals surface area (Å²) in [5, 5.41) is 12.3. The van der Waals surface area contributed by atoms with Crippen molar-refractivity contribution >= 4 is 11.9 Å². The number of methoxy groups -OCH3 is 1. The summed E-state index contributed by atoms with van der Waals surface area (Å²) in [4.78, 5) is 23.8. The number of aliphatic carboxylic acids is 1. The van der Waals surface area contributed by atoms with Gasteiger partial charge in [-0.3, -0.25) is 9.59 Å². The minimum Gasteiger partial charge on any atom is -0.497 e. The van der Waals surface area contributed by atoms with Crippen molar-refractivity contribution in [2.45, 2.75) is 25.2 Å². The molecule has 0 aliphatic heterocycles. The summed E-state index contributed by atoms with van der Waals surface area (Å²) in [6, 6.07) is 16.1. The fourth-order valence-corrected chi connectivity index (χ4v) is 2.57. The summed E-state index contributed by atoms with van der Waals surface area (Å²) in [7, 11) is 1.60. The molecule has 0 bridgehead atoms. The Hall–Kier alpha value is -3.02. The molecule has 0 aromatic heterocycles. The lowest BCUT2D eigenvalue weighted by Crippen LogP contribution is -2.44. The van der Waals surface area contributed by atoms with Crippen molar-refractivity contribution in [3.05, 3.63) is 60.2 Å². The summed E-state index contributed by atoms with van der Waals surface area (Å²) >= 11 is 0. The molecule has 6 nitrogen and oxygen atoms in total.